The van der Waals surface area contributed by atoms with Gasteiger partial charge in [-0.15, -0.1) is 0 Å². The van der Waals surface area contributed by atoms with Gasteiger partial charge in [-0.25, -0.2) is 17.8 Å². The average Bonchev–Trinajstić information content (AvgIpc) is 3.33. The van der Waals surface area contributed by atoms with E-state index in [1.54, 1.807) is 18.2 Å². The molecule has 0 saturated heterocycles. The summed E-state index contributed by atoms with van der Waals surface area (Å²) in [4.78, 5) is 28.6. The van der Waals surface area contributed by atoms with Gasteiger partial charge in [0.25, 0.3) is 21.8 Å². The van der Waals surface area contributed by atoms with Gasteiger partial charge >= 0.3 is 6.18 Å². The molecule has 0 saturated carbocycles. The van der Waals surface area contributed by atoms with E-state index in [1.807, 2.05) is 29.0 Å². The molecule has 0 fully saturated rings. The standard InChI is InChI=1S/C32H23Cl2F3N4O4S/c1-18-28(34)29(32(35,36)37)41(38-18)27-12-10-21(15-25(27)31(43)40-14-13-19-5-2-3-6-22(19)17-40)30(42)39-46(44,45)23-11-9-20-7-4-8-26(33)24(20)16-23/h2-12,15-16H,13-14,17H2,1H3,(H,39,42). The third-order valence-corrected chi connectivity index (χ3v) is 9.84. The SMILES string of the molecule is Cc1nn(-c2ccc(C(=O)NS(=O)(=O)c3ccc4cccc(Cl)c4c3)cc2C(=O)N2CCc3ccccc3C2)c(C(F)(F)F)c1Cl. The van der Waals surface area contributed by atoms with Crippen molar-refractivity contribution in [2.45, 2.75) is 31.0 Å². The number of nitrogens with one attached hydrogen (secondary N) is 1. The first-order valence-electron chi connectivity index (χ1n) is 13.8. The van der Waals surface area contributed by atoms with E-state index in [-0.39, 0.29) is 40.5 Å². The molecule has 1 N–H and O–H groups in total. The monoisotopic (exact) mass is 686 g/mol. The minimum atomic E-state index is -4.93. The van der Waals surface area contributed by atoms with Crippen molar-refractivity contribution < 1.29 is 31.2 Å². The Balaban J connectivity index is 1.41. The van der Waals surface area contributed by atoms with Crippen LogP contribution in [0.3, 0.4) is 0 Å². The summed E-state index contributed by atoms with van der Waals surface area (Å²) in [5.74, 6) is -1.78. The predicted molar refractivity (Wildman–Crippen MR) is 167 cm³/mol. The summed E-state index contributed by atoms with van der Waals surface area (Å²) < 4.78 is 71.5. The zero-order valence-corrected chi connectivity index (χ0v) is 26.2. The summed E-state index contributed by atoms with van der Waals surface area (Å²) in [5.41, 5.74) is -0.374. The highest BCUT2D eigenvalue weighted by Gasteiger charge is 2.40. The number of hydrogen-bond acceptors (Lipinski definition) is 5. The first-order valence-corrected chi connectivity index (χ1v) is 16.1. The molecule has 0 bridgehead atoms. The van der Waals surface area contributed by atoms with Gasteiger partial charge in [-0.2, -0.15) is 18.3 Å². The number of aromatic nitrogens is 2. The molecular formula is C32H23Cl2F3N4O4S. The lowest BCUT2D eigenvalue weighted by atomic mass is 9.98. The lowest BCUT2D eigenvalue weighted by molar-refractivity contribution is -0.142. The van der Waals surface area contributed by atoms with Crippen LogP contribution in [0.5, 0.6) is 0 Å². The number of halogens is 5. The molecule has 46 heavy (non-hydrogen) atoms. The van der Waals surface area contributed by atoms with Gasteiger partial charge < -0.3 is 4.90 Å². The van der Waals surface area contributed by atoms with Gasteiger partial charge in [0.1, 0.15) is 0 Å². The number of sulfonamides is 1. The highest BCUT2D eigenvalue weighted by Crippen LogP contribution is 2.38. The van der Waals surface area contributed by atoms with E-state index in [1.165, 1.54) is 30.0 Å². The maximum absolute atomic E-state index is 14.2. The van der Waals surface area contributed by atoms with Crippen molar-refractivity contribution in [1.82, 2.24) is 19.4 Å². The maximum Gasteiger partial charge on any atom is 0.434 e. The van der Waals surface area contributed by atoms with Crippen molar-refractivity contribution >= 4 is 55.8 Å². The summed E-state index contributed by atoms with van der Waals surface area (Å²) >= 11 is 12.2. The van der Waals surface area contributed by atoms with E-state index in [0.717, 1.165) is 29.3 Å². The first kappa shape index (κ1) is 31.6. The number of carbonyl (C=O) groups excluding carboxylic acids is 2. The highest BCUT2D eigenvalue weighted by molar-refractivity contribution is 7.90. The van der Waals surface area contributed by atoms with E-state index in [0.29, 0.717) is 26.9 Å². The molecule has 0 radical (unpaired) electrons. The fourth-order valence-corrected chi connectivity index (χ4v) is 6.88. The van der Waals surface area contributed by atoms with Crippen molar-refractivity contribution in [2.24, 2.45) is 0 Å². The number of fused-ring (bicyclic) bond motifs is 2. The molecular weight excluding hydrogens is 664 g/mol. The second kappa shape index (κ2) is 11.8. The van der Waals surface area contributed by atoms with Crippen LogP contribution < -0.4 is 4.72 Å². The number of aryl methyl sites for hydroxylation is 1. The normalized spacial score (nSPS) is 13.5. The molecule has 236 valence electrons. The Morgan fingerprint density at radius 3 is 2.41 bits per heavy atom. The number of alkyl halides is 3. The van der Waals surface area contributed by atoms with Gasteiger partial charge in [0.05, 0.1) is 26.9 Å². The summed E-state index contributed by atoms with van der Waals surface area (Å²) in [5, 5.41) is 4.77. The van der Waals surface area contributed by atoms with Gasteiger partial charge in [-0.1, -0.05) is 65.7 Å². The average molecular weight is 688 g/mol. The highest BCUT2D eigenvalue weighted by atomic mass is 35.5. The smallest absolute Gasteiger partial charge is 0.334 e. The number of carbonyl (C=O) groups is 2. The lowest BCUT2D eigenvalue weighted by Crippen LogP contribution is -2.37. The molecule has 8 nitrogen and oxygen atoms in total. The molecule has 5 aromatic rings. The van der Waals surface area contributed by atoms with Crippen LogP contribution in [-0.2, 0) is 29.2 Å². The van der Waals surface area contributed by atoms with Crippen LogP contribution in [0.15, 0.2) is 83.8 Å². The summed E-state index contributed by atoms with van der Waals surface area (Å²) in [6.07, 6.45) is -4.43. The molecule has 1 aromatic heterocycles. The summed E-state index contributed by atoms with van der Waals surface area (Å²) in [7, 11) is -4.43. The second-order valence-corrected chi connectivity index (χ2v) is 13.2. The molecule has 2 amide bonds. The van der Waals surface area contributed by atoms with Gasteiger partial charge in [0, 0.05) is 29.1 Å². The maximum atomic E-state index is 14.2. The predicted octanol–water partition coefficient (Wildman–Crippen LogP) is 6.98. The number of benzene rings is 4. The fraction of sp³-hybridized carbons (Fsp3) is 0.156. The van der Waals surface area contributed by atoms with Crippen LogP contribution >= 0.6 is 23.2 Å². The Morgan fingerprint density at radius 1 is 0.935 bits per heavy atom. The van der Waals surface area contributed by atoms with Crippen LogP contribution in [-0.4, -0.2) is 41.5 Å². The van der Waals surface area contributed by atoms with E-state index >= 15 is 0 Å². The molecule has 0 unspecified atom stereocenters. The molecule has 0 spiro atoms. The van der Waals surface area contributed by atoms with Gasteiger partial charge in [-0.05, 0) is 66.3 Å². The van der Waals surface area contributed by atoms with Gasteiger partial charge in [0.2, 0.25) is 0 Å². The molecule has 14 heteroatoms. The van der Waals surface area contributed by atoms with Crippen molar-refractivity contribution in [2.75, 3.05) is 6.54 Å². The molecule has 4 aromatic carbocycles. The van der Waals surface area contributed by atoms with Crippen LogP contribution in [0.25, 0.3) is 16.5 Å². The minimum absolute atomic E-state index is 0.123. The van der Waals surface area contributed by atoms with Crippen LogP contribution in [0, 0.1) is 6.92 Å². The van der Waals surface area contributed by atoms with E-state index in [4.69, 9.17) is 23.2 Å². The molecule has 1 aliphatic rings. The van der Waals surface area contributed by atoms with Crippen molar-refractivity contribution in [1.29, 1.82) is 0 Å². The third kappa shape index (κ3) is 5.83. The van der Waals surface area contributed by atoms with Crippen LogP contribution in [0.4, 0.5) is 13.2 Å². The Kier molecular flexibility index (Phi) is 8.07. The van der Waals surface area contributed by atoms with Gasteiger partial charge in [-0.3, -0.25) is 9.59 Å². The van der Waals surface area contributed by atoms with E-state index < -0.39 is 38.7 Å². The number of amides is 2. The topological polar surface area (TPSA) is 101 Å². The minimum Gasteiger partial charge on any atom is -0.334 e. The Bertz CT molecular complexity index is 2170. The lowest BCUT2D eigenvalue weighted by Gasteiger charge is -2.29. The number of hydrogen-bond donors (Lipinski definition) is 1. The number of rotatable bonds is 5. The Hall–Kier alpha value is -4.39. The molecule has 0 atom stereocenters. The van der Waals surface area contributed by atoms with Gasteiger partial charge in [0.15, 0.2) is 5.69 Å². The zero-order valence-electron chi connectivity index (χ0n) is 23.9. The molecule has 0 aliphatic carbocycles. The van der Waals surface area contributed by atoms with Crippen molar-refractivity contribution in [3.8, 4) is 5.69 Å². The largest absolute Gasteiger partial charge is 0.434 e. The zero-order chi connectivity index (χ0) is 33.0. The van der Waals surface area contributed by atoms with Crippen molar-refractivity contribution in [3.63, 3.8) is 0 Å². The van der Waals surface area contributed by atoms with Crippen molar-refractivity contribution in [3.05, 3.63) is 123 Å². The summed E-state index contributed by atoms with van der Waals surface area (Å²) in [6, 6.07) is 20.0. The molecule has 6 rings (SSSR count). The Labute approximate surface area is 271 Å². The van der Waals surface area contributed by atoms with E-state index in [9.17, 15) is 31.2 Å². The quantitative estimate of drug-likeness (QED) is 0.215. The van der Waals surface area contributed by atoms with E-state index in [2.05, 4.69) is 5.10 Å². The molecule has 2 heterocycles. The Morgan fingerprint density at radius 2 is 1.67 bits per heavy atom. The second-order valence-electron chi connectivity index (χ2n) is 10.7. The number of nitrogens with zero attached hydrogens (tertiary/aromatic N) is 3. The van der Waals surface area contributed by atoms with Crippen LogP contribution in [0.2, 0.25) is 10.0 Å². The van der Waals surface area contributed by atoms with Crippen LogP contribution in [0.1, 0.15) is 43.2 Å². The fourth-order valence-electron chi connectivity index (χ4n) is 5.42. The third-order valence-electron chi connectivity index (χ3n) is 7.73. The summed E-state index contributed by atoms with van der Waals surface area (Å²) in [6.45, 7) is 1.73. The first-order chi connectivity index (χ1) is 21.7. The molecule has 1 aliphatic heterocycles.